The molecule has 98 valence electrons. The molecule has 17 heavy (non-hydrogen) atoms. The third-order valence-electron chi connectivity index (χ3n) is 5.87. The minimum Gasteiger partial charge on any atom is -0.316 e. The molecule has 3 rings (SSSR count). The lowest BCUT2D eigenvalue weighted by Gasteiger charge is -2.44. The van der Waals surface area contributed by atoms with E-state index in [1.807, 2.05) is 0 Å². The molecule has 3 fully saturated rings. The summed E-state index contributed by atoms with van der Waals surface area (Å²) in [5, 5.41) is 3.71. The van der Waals surface area contributed by atoms with Crippen LogP contribution < -0.4 is 5.32 Å². The van der Waals surface area contributed by atoms with Crippen molar-refractivity contribution in [3.05, 3.63) is 0 Å². The Kier molecular flexibility index (Phi) is 3.23. The smallest absolute Gasteiger partial charge is 0.00147 e. The minimum atomic E-state index is 0.801. The van der Waals surface area contributed by atoms with Gasteiger partial charge in [0.15, 0.2) is 0 Å². The zero-order valence-corrected chi connectivity index (χ0v) is 11.7. The Hall–Kier alpha value is -0.0400. The van der Waals surface area contributed by atoms with Crippen molar-refractivity contribution in [2.24, 2.45) is 29.1 Å². The number of hydrogen-bond acceptors (Lipinski definition) is 1. The summed E-state index contributed by atoms with van der Waals surface area (Å²) < 4.78 is 0. The van der Waals surface area contributed by atoms with Gasteiger partial charge in [0, 0.05) is 0 Å². The van der Waals surface area contributed by atoms with E-state index in [1.54, 1.807) is 32.1 Å². The Morgan fingerprint density at radius 2 is 1.65 bits per heavy atom. The lowest BCUT2D eigenvalue weighted by molar-refractivity contribution is 0.0560. The third-order valence-corrected chi connectivity index (χ3v) is 5.87. The van der Waals surface area contributed by atoms with Gasteiger partial charge in [0.1, 0.15) is 0 Å². The monoisotopic (exact) mass is 235 g/mol. The van der Waals surface area contributed by atoms with Crippen LogP contribution in [0.1, 0.15) is 58.8 Å². The van der Waals surface area contributed by atoms with Gasteiger partial charge in [0.2, 0.25) is 0 Å². The molecule has 0 heterocycles. The Labute approximate surface area is 107 Å². The molecule has 3 aliphatic carbocycles. The second-order valence-electron chi connectivity index (χ2n) is 7.32. The predicted molar refractivity (Wildman–Crippen MR) is 72.9 cm³/mol. The molecule has 0 aromatic rings. The zero-order valence-electron chi connectivity index (χ0n) is 11.7. The maximum atomic E-state index is 3.71. The molecule has 0 saturated heterocycles. The first-order chi connectivity index (χ1) is 8.23. The zero-order chi connectivity index (χ0) is 11.9. The second-order valence-corrected chi connectivity index (χ2v) is 7.32. The maximum absolute atomic E-state index is 3.71. The summed E-state index contributed by atoms with van der Waals surface area (Å²) in [4.78, 5) is 0. The number of hydrogen-bond donors (Lipinski definition) is 1. The molecule has 1 atom stereocenters. The van der Waals surface area contributed by atoms with Crippen LogP contribution in [0.2, 0.25) is 0 Å². The average molecular weight is 235 g/mol. The lowest BCUT2D eigenvalue weighted by Crippen LogP contribution is -2.37. The molecular weight excluding hydrogens is 206 g/mol. The van der Waals surface area contributed by atoms with E-state index in [2.05, 4.69) is 19.2 Å². The van der Waals surface area contributed by atoms with E-state index in [0.29, 0.717) is 0 Å². The normalized spacial score (nSPS) is 32.3. The van der Waals surface area contributed by atoms with E-state index in [-0.39, 0.29) is 0 Å². The number of nitrogens with one attached hydrogen (secondary N) is 1. The van der Waals surface area contributed by atoms with E-state index in [4.69, 9.17) is 0 Å². The van der Waals surface area contributed by atoms with E-state index in [0.717, 1.165) is 29.1 Å². The average Bonchev–Trinajstić information content (AvgIpc) is 2.72. The molecule has 0 aromatic heterocycles. The highest BCUT2D eigenvalue weighted by Gasteiger charge is 2.63. The van der Waals surface area contributed by atoms with Crippen LogP contribution in [0, 0.1) is 29.1 Å². The van der Waals surface area contributed by atoms with Crippen LogP contribution in [0.25, 0.3) is 0 Å². The summed E-state index contributed by atoms with van der Waals surface area (Å²) in [6.45, 7) is 7.14. The van der Waals surface area contributed by atoms with Gasteiger partial charge in [0.25, 0.3) is 0 Å². The lowest BCUT2D eigenvalue weighted by atomic mass is 9.61. The minimum absolute atomic E-state index is 0.801. The Bertz CT molecular complexity index is 249. The van der Waals surface area contributed by atoms with Gasteiger partial charge in [0.05, 0.1) is 0 Å². The van der Waals surface area contributed by atoms with Crippen molar-refractivity contribution in [1.82, 2.24) is 5.32 Å². The van der Waals surface area contributed by atoms with Crippen molar-refractivity contribution >= 4 is 0 Å². The molecule has 3 aliphatic rings. The standard InChI is InChI=1S/C16H29N/c1-12(2)10-17-11-15-9-16(15,13-5-3-6-13)14-7-4-8-14/h12-15,17H,3-11H2,1-2H3. The molecule has 0 bridgehead atoms. The topological polar surface area (TPSA) is 12.0 Å². The van der Waals surface area contributed by atoms with E-state index < -0.39 is 0 Å². The Morgan fingerprint density at radius 1 is 1.06 bits per heavy atom. The van der Waals surface area contributed by atoms with Crippen molar-refractivity contribution in [2.75, 3.05) is 13.1 Å². The third kappa shape index (κ3) is 2.05. The number of rotatable bonds is 6. The summed E-state index contributed by atoms with van der Waals surface area (Å²) >= 11 is 0. The molecular formula is C16H29N. The highest BCUT2D eigenvalue weighted by atomic mass is 14.9. The van der Waals surface area contributed by atoms with Gasteiger partial charge < -0.3 is 5.32 Å². The summed E-state index contributed by atoms with van der Waals surface area (Å²) in [5.41, 5.74) is 0.834. The van der Waals surface area contributed by atoms with Gasteiger partial charge in [-0.1, -0.05) is 26.7 Å². The van der Waals surface area contributed by atoms with Gasteiger partial charge >= 0.3 is 0 Å². The molecule has 3 saturated carbocycles. The van der Waals surface area contributed by atoms with Gasteiger partial charge in [-0.3, -0.25) is 0 Å². The fourth-order valence-corrected chi connectivity index (χ4v) is 4.40. The summed E-state index contributed by atoms with van der Waals surface area (Å²) in [6, 6.07) is 0. The van der Waals surface area contributed by atoms with Gasteiger partial charge in [-0.25, -0.2) is 0 Å². The summed E-state index contributed by atoms with van der Waals surface area (Å²) in [6.07, 6.45) is 10.8. The molecule has 0 aliphatic heterocycles. The molecule has 1 unspecified atom stereocenters. The quantitative estimate of drug-likeness (QED) is 0.737. The predicted octanol–water partition coefficient (Wildman–Crippen LogP) is 3.84. The Balaban J connectivity index is 1.52. The largest absolute Gasteiger partial charge is 0.316 e. The second kappa shape index (κ2) is 4.57. The van der Waals surface area contributed by atoms with Crippen LogP contribution in [-0.2, 0) is 0 Å². The highest BCUT2D eigenvalue weighted by molar-refractivity contribution is 5.13. The molecule has 0 radical (unpaired) electrons. The van der Waals surface area contributed by atoms with Crippen LogP contribution in [0.5, 0.6) is 0 Å². The first kappa shape index (κ1) is 12.0. The van der Waals surface area contributed by atoms with Gasteiger partial charge in [-0.05, 0) is 74.3 Å². The van der Waals surface area contributed by atoms with Gasteiger partial charge in [-0.15, -0.1) is 0 Å². The first-order valence-corrected chi connectivity index (χ1v) is 7.94. The molecule has 1 N–H and O–H groups in total. The van der Waals surface area contributed by atoms with E-state index in [1.165, 1.54) is 25.9 Å². The SMILES string of the molecule is CC(C)CNCC1CC1(C1CCC1)C1CCC1. The molecule has 0 amide bonds. The highest BCUT2D eigenvalue weighted by Crippen LogP contribution is 2.70. The summed E-state index contributed by atoms with van der Waals surface area (Å²) in [5.74, 6) is 4.09. The first-order valence-electron chi connectivity index (χ1n) is 7.94. The van der Waals surface area contributed by atoms with Crippen molar-refractivity contribution in [1.29, 1.82) is 0 Å². The summed E-state index contributed by atoms with van der Waals surface area (Å²) in [7, 11) is 0. The molecule has 0 aromatic carbocycles. The van der Waals surface area contributed by atoms with E-state index in [9.17, 15) is 0 Å². The van der Waals surface area contributed by atoms with Crippen LogP contribution in [-0.4, -0.2) is 13.1 Å². The van der Waals surface area contributed by atoms with Gasteiger partial charge in [-0.2, -0.15) is 0 Å². The van der Waals surface area contributed by atoms with Crippen LogP contribution in [0.4, 0.5) is 0 Å². The van der Waals surface area contributed by atoms with Crippen molar-refractivity contribution in [3.8, 4) is 0 Å². The van der Waals surface area contributed by atoms with Crippen LogP contribution in [0.15, 0.2) is 0 Å². The van der Waals surface area contributed by atoms with Crippen molar-refractivity contribution in [3.63, 3.8) is 0 Å². The van der Waals surface area contributed by atoms with Crippen molar-refractivity contribution < 1.29 is 0 Å². The fraction of sp³-hybridized carbons (Fsp3) is 1.00. The molecule has 1 nitrogen and oxygen atoms in total. The van der Waals surface area contributed by atoms with E-state index >= 15 is 0 Å². The van der Waals surface area contributed by atoms with Crippen molar-refractivity contribution in [2.45, 2.75) is 58.8 Å². The van der Waals surface area contributed by atoms with Crippen LogP contribution >= 0.6 is 0 Å². The Morgan fingerprint density at radius 3 is 2.06 bits per heavy atom. The van der Waals surface area contributed by atoms with Crippen LogP contribution in [0.3, 0.4) is 0 Å². The molecule has 0 spiro atoms. The molecule has 1 heteroatoms. The maximum Gasteiger partial charge on any atom is -0.00147 e. The fourth-order valence-electron chi connectivity index (χ4n) is 4.40.